The van der Waals surface area contributed by atoms with E-state index in [1.807, 2.05) is 0 Å². The Kier molecular flexibility index (Phi) is 4.63. The van der Waals surface area contributed by atoms with Gasteiger partial charge in [-0.1, -0.05) is 36.4 Å². The lowest BCUT2D eigenvalue weighted by Crippen LogP contribution is -2.62. The van der Waals surface area contributed by atoms with E-state index in [-0.39, 0.29) is 0 Å². The molecule has 2 aromatic rings. The molecule has 0 atom stereocenters. The van der Waals surface area contributed by atoms with Gasteiger partial charge in [0.1, 0.15) is 22.5 Å². The Hall–Kier alpha value is -2.09. The van der Waals surface area contributed by atoms with Crippen LogP contribution in [0.2, 0.25) is 0 Å². The van der Waals surface area contributed by atoms with Gasteiger partial charge in [-0.05, 0) is 137 Å². The van der Waals surface area contributed by atoms with Crippen molar-refractivity contribution in [3.63, 3.8) is 0 Å². The summed E-state index contributed by atoms with van der Waals surface area (Å²) in [6, 6.07) is 23.0. The summed E-state index contributed by atoms with van der Waals surface area (Å²) in [5, 5.41) is 0. The van der Waals surface area contributed by atoms with Crippen molar-refractivity contribution in [2.24, 2.45) is 35.5 Å². The van der Waals surface area contributed by atoms with Gasteiger partial charge in [-0.3, -0.25) is 0 Å². The monoisotopic (exact) mass is 465 g/mol. The molecule has 0 spiro atoms. The third-order valence-electron chi connectivity index (χ3n) is 11.3. The summed E-state index contributed by atoms with van der Waals surface area (Å²) in [5.74, 6) is 5.70. The molecule has 0 radical (unpaired) electrons. The smallest absolute Gasteiger partial charge is 0.228 e. The molecular formula is C33H41N2+. The van der Waals surface area contributed by atoms with E-state index >= 15 is 0 Å². The molecule has 0 heterocycles. The van der Waals surface area contributed by atoms with E-state index in [0.29, 0.717) is 11.1 Å². The molecule has 0 N–H and O–H groups in total. The number of para-hydroxylation sites is 2. The molecule has 8 fully saturated rings. The highest BCUT2D eigenvalue weighted by atomic mass is 15.3. The van der Waals surface area contributed by atoms with E-state index in [0.717, 1.165) is 35.5 Å². The summed E-state index contributed by atoms with van der Waals surface area (Å²) < 4.78 is 2.84. The number of anilines is 1. The Bertz CT molecular complexity index is 1050. The van der Waals surface area contributed by atoms with Crippen LogP contribution in [0.1, 0.15) is 77.0 Å². The molecule has 0 aliphatic heterocycles. The van der Waals surface area contributed by atoms with Crippen LogP contribution in [-0.4, -0.2) is 22.0 Å². The standard InChI is InChI=1S/C33H41N2/c1-3-7-30(8-4-1)34(32-17-24-11-25(18-32)13-26(12-24)19-32)23-35(31-9-5-2-6-10-31)33-20-27-14-28(21-33)16-29(15-27)22-33/h1-10,23-29H,11-22H2/q+1. The summed E-state index contributed by atoms with van der Waals surface area (Å²) >= 11 is 0. The van der Waals surface area contributed by atoms with Gasteiger partial charge in [-0.15, -0.1) is 0 Å². The van der Waals surface area contributed by atoms with Gasteiger partial charge in [0, 0.05) is 0 Å². The molecule has 2 heteroatoms. The molecule has 35 heavy (non-hydrogen) atoms. The normalized spacial score (nSPS) is 43.0. The molecule has 8 aliphatic rings. The Balaban J connectivity index is 1.30. The van der Waals surface area contributed by atoms with Crippen molar-refractivity contribution < 1.29 is 4.58 Å². The zero-order valence-corrected chi connectivity index (χ0v) is 21.2. The topological polar surface area (TPSA) is 6.25 Å². The van der Waals surface area contributed by atoms with Gasteiger partial charge in [-0.2, -0.15) is 0 Å². The van der Waals surface area contributed by atoms with Crippen molar-refractivity contribution in [3.8, 4) is 0 Å². The second-order valence-electron chi connectivity index (χ2n) is 13.8. The molecule has 0 aromatic heterocycles. The summed E-state index contributed by atoms with van der Waals surface area (Å²) in [5.41, 5.74) is 3.46. The molecule has 8 aliphatic carbocycles. The highest BCUT2D eigenvalue weighted by Gasteiger charge is 2.59. The maximum atomic E-state index is 2.84. The SMILES string of the molecule is C(N(c1ccccc1)C12CC3CC(CC(C3)C1)C2)=[N+](c1ccccc1)C12CC3CC(CC(C3)C1)C2. The average Bonchev–Trinajstić information content (AvgIpc) is 2.84. The number of hydrogen-bond donors (Lipinski definition) is 0. The van der Waals surface area contributed by atoms with Crippen molar-refractivity contribution in [1.29, 1.82) is 0 Å². The molecule has 0 amide bonds. The predicted octanol–water partition coefficient (Wildman–Crippen LogP) is 7.80. The third-order valence-corrected chi connectivity index (χ3v) is 11.3. The number of rotatable bonds is 5. The highest BCUT2D eigenvalue weighted by molar-refractivity contribution is 5.79. The van der Waals surface area contributed by atoms with Gasteiger partial charge in [0.25, 0.3) is 0 Å². The third kappa shape index (κ3) is 3.38. The lowest BCUT2D eigenvalue weighted by molar-refractivity contribution is -0.553. The lowest BCUT2D eigenvalue weighted by Gasteiger charge is -2.58. The quantitative estimate of drug-likeness (QED) is 0.248. The highest BCUT2D eigenvalue weighted by Crippen LogP contribution is 2.60. The molecule has 8 saturated carbocycles. The average molecular weight is 466 g/mol. The van der Waals surface area contributed by atoms with Crippen molar-refractivity contribution in [3.05, 3.63) is 60.7 Å². The first kappa shape index (κ1) is 21.0. The Labute approximate surface area is 211 Å². The fourth-order valence-corrected chi connectivity index (χ4v) is 10.9. The summed E-state index contributed by atoms with van der Waals surface area (Å²) in [6.45, 7) is 0. The van der Waals surface area contributed by atoms with Crippen LogP contribution >= 0.6 is 0 Å². The van der Waals surface area contributed by atoms with E-state index in [1.165, 1.54) is 88.4 Å². The molecule has 2 aromatic carbocycles. The fourth-order valence-electron chi connectivity index (χ4n) is 10.9. The van der Waals surface area contributed by atoms with Crippen LogP contribution in [0.5, 0.6) is 0 Å². The first-order chi connectivity index (χ1) is 17.2. The maximum absolute atomic E-state index is 2.84. The number of benzene rings is 2. The second kappa shape index (κ2) is 7.70. The summed E-state index contributed by atoms with van der Waals surface area (Å²) in [4.78, 5) is 2.84. The lowest BCUT2D eigenvalue weighted by atomic mass is 9.52. The van der Waals surface area contributed by atoms with E-state index in [1.54, 1.807) is 0 Å². The van der Waals surface area contributed by atoms with Crippen LogP contribution in [0.3, 0.4) is 0 Å². The molecule has 0 saturated heterocycles. The maximum Gasteiger partial charge on any atom is 0.245 e. The van der Waals surface area contributed by atoms with E-state index in [9.17, 15) is 0 Å². The van der Waals surface area contributed by atoms with Crippen molar-refractivity contribution in [2.75, 3.05) is 4.90 Å². The minimum atomic E-state index is 0.311. The number of hydrogen-bond acceptors (Lipinski definition) is 0. The van der Waals surface area contributed by atoms with Gasteiger partial charge in [0.15, 0.2) is 0 Å². The van der Waals surface area contributed by atoms with Crippen molar-refractivity contribution in [2.45, 2.75) is 88.1 Å². The van der Waals surface area contributed by atoms with Gasteiger partial charge in [0.05, 0.1) is 0 Å². The van der Waals surface area contributed by atoms with Crippen LogP contribution in [0.15, 0.2) is 60.7 Å². The zero-order valence-electron chi connectivity index (χ0n) is 21.2. The second-order valence-corrected chi connectivity index (χ2v) is 13.8. The zero-order chi connectivity index (χ0) is 23.0. The van der Waals surface area contributed by atoms with Crippen LogP contribution in [0.4, 0.5) is 11.4 Å². The van der Waals surface area contributed by atoms with Crippen LogP contribution < -0.4 is 4.90 Å². The minimum Gasteiger partial charge on any atom is -0.228 e. The van der Waals surface area contributed by atoms with E-state index in [4.69, 9.17) is 0 Å². The van der Waals surface area contributed by atoms with Crippen molar-refractivity contribution >= 4 is 17.7 Å². The summed E-state index contributed by atoms with van der Waals surface area (Å²) in [6.07, 6.45) is 20.0. The Morgan fingerprint density at radius 3 is 1.49 bits per heavy atom. The first-order valence-electron chi connectivity index (χ1n) is 14.7. The van der Waals surface area contributed by atoms with E-state index < -0.39 is 0 Å². The van der Waals surface area contributed by atoms with Gasteiger partial charge in [-0.25, -0.2) is 9.48 Å². The fraction of sp³-hybridized carbons (Fsp3) is 0.606. The minimum absolute atomic E-state index is 0.311. The largest absolute Gasteiger partial charge is 0.245 e. The first-order valence-corrected chi connectivity index (χ1v) is 14.7. The molecule has 182 valence electrons. The van der Waals surface area contributed by atoms with E-state index in [2.05, 4.69) is 76.5 Å². The van der Waals surface area contributed by atoms with Crippen LogP contribution in [0.25, 0.3) is 0 Å². The van der Waals surface area contributed by atoms with Crippen LogP contribution in [-0.2, 0) is 0 Å². The predicted molar refractivity (Wildman–Crippen MR) is 143 cm³/mol. The Morgan fingerprint density at radius 1 is 0.571 bits per heavy atom. The summed E-state index contributed by atoms with van der Waals surface area (Å²) in [7, 11) is 0. The molecule has 2 nitrogen and oxygen atoms in total. The Morgan fingerprint density at radius 2 is 1.00 bits per heavy atom. The van der Waals surface area contributed by atoms with Crippen molar-refractivity contribution in [1.82, 2.24) is 0 Å². The van der Waals surface area contributed by atoms with Gasteiger partial charge >= 0.3 is 0 Å². The van der Waals surface area contributed by atoms with Crippen LogP contribution in [0, 0.1) is 35.5 Å². The molecular weight excluding hydrogens is 424 g/mol. The number of nitrogens with zero attached hydrogens (tertiary/aromatic N) is 2. The molecule has 0 unspecified atom stereocenters. The molecule has 10 rings (SSSR count). The van der Waals surface area contributed by atoms with Gasteiger partial charge in [0.2, 0.25) is 6.34 Å². The molecule has 8 bridgehead atoms. The van der Waals surface area contributed by atoms with Gasteiger partial charge < -0.3 is 0 Å².